The van der Waals surface area contributed by atoms with Crippen LogP contribution in [0, 0.1) is 5.82 Å². The molecule has 0 amide bonds. The molecule has 0 bridgehead atoms. The molecule has 0 N–H and O–H groups in total. The van der Waals surface area contributed by atoms with Crippen molar-refractivity contribution >= 4 is 17.2 Å². The van der Waals surface area contributed by atoms with Gasteiger partial charge in [0.15, 0.2) is 0 Å². The highest BCUT2D eigenvalue weighted by molar-refractivity contribution is 6.17. The van der Waals surface area contributed by atoms with Gasteiger partial charge in [-0.15, -0.1) is 11.6 Å². The highest BCUT2D eigenvalue weighted by Crippen LogP contribution is 2.27. The van der Waals surface area contributed by atoms with Gasteiger partial charge < -0.3 is 4.74 Å². The third kappa shape index (κ3) is 2.79. The fourth-order valence-corrected chi connectivity index (χ4v) is 2.61. The molecule has 0 unspecified atom stereocenters. The molecule has 0 saturated heterocycles. The van der Waals surface area contributed by atoms with E-state index >= 15 is 0 Å². The van der Waals surface area contributed by atoms with Gasteiger partial charge in [0.05, 0.1) is 23.9 Å². The second-order valence-electron chi connectivity index (χ2n) is 4.99. The lowest BCUT2D eigenvalue weighted by Crippen LogP contribution is -1.95. The first-order valence-electron chi connectivity index (χ1n) is 7.18. The zero-order chi connectivity index (χ0) is 15.5. The van der Waals surface area contributed by atoms with Crippen LogP contribution in [0.1, 0.15) is 19.0 Å². The van der Waals surface area contributed by atoms with Crippen LogP contribution in [0.2, 0.25) is 0 Å². The molecule has 0 aliphatic rings. The van der Waals surface area contributed by atoms with Gasteiger partial charge in [0.2, 0.25) is 0 Å². The first-order valence-corrected chi connectivity index (χ1v) is 7.72. The summed E-state index contributed by atoms with van der Waals surface area (Å²) in [6.45, 7) is 2.76. The average Bonchev–Trinajstić information content (AvgIpc) is 2.91. The first kappa shape index (κ1) is 14.9. The van der Waals surface area contributed by atoms with Crippen LogP contribution in [0.25, 0.3) is 16.9 Å². The van der Waals surface area contributed by atoms with Crippen LogP contribution in [0.4, 0.5) is 4.39 Å². The van der Waals surface area contributed by atoms with Crippen molar-refractivity contribution < 1.29 is 9.13 Å². The molecule has 0 aliphatic carbocycles. The number of hydrogen-bond acceptors (Lipinski definition) is 2. The molecule has 2 aromatic heterocycles. The van der Waals surface area contributed by atoms with Crippen molar-refractivity contribution in [2.24, 2.45) is 0 Å². The number of benzene rings is 1. The van der Waals surface area contributed by atoms with Crippen molar-refractivity contribution in [2.75, 3.05) is 6.61 Å². The van der Waals surface area contributed by atoms with Gasteiger partial charge in [-0.25, -0.2) is 9.37 Å². The fourth-order valence-electron chi connectivity index (χ4n) is 2.36. The third-order valence-electron chi connectivity index (χ3n) is 3.41. The molecule has 0 fully saturated rings. The van der Waals surface area contributed by atoms with Crippen LogP contribution in [0.5, 0.6) is 5.75 Å². The Hall–Kier alpha value is -2.07. The lowest BCUT2D eigenvalue weighted by molar-refractivity contribution is 0.317. The zero-order valence-corrected chi connectivity index (χ0v) is 13.0. The minimum atomic E-state index is -0.314. The SMILES string of the molecule is CCCOc1ccc(-c2nc3ccc(F)cn3c2CCl)cc1. The van der Waals surface area contributed by atoms with Gasteiger partial charge in [-0.3, -0.25) is 4.40 Å². The Balaban J connectivity index is 2.02. The molecule has 5 heteroatoms. The molecule has 0 aliphatic heterocycles. The van der Waals surface area contributed by atoms with E-state index in [0.717, 1.165) is 29.1 Å². The number of ether oxygens (including phenoxy) is 1. The van der Waals surface area contributed by atoms with E-state index in [1.165, 1.54) is 12.3 Å². The van der Waals surface area contributed by atoms with Crippen LogP contribution in [-0.2, 0) is 5.88 Å². The summed E-state index contributed by atoms with van der Waals surface area (Å²) in [5.74, 6) is 0.771. The van der Waals surface area contributed by atoms with E-state index in [9.17, 15) is 4.39 Å². The summed E-state index contributed by atoms with van der Waals surface area (Å²) in [6, 6.07) is 10.7. The number of pyridine rings is 1. The van der Waals surface area contributed by atoms with Gasteiger partial charge in [0.25, 0.3) is 0 Å². The van der Waals surface area contributed by atoms with Gasteiger partial charge in [0.1, 0.15) is 17.2 Å². The van der Waals surface area contributed by atoms with Crippen molar-refractivity contribution in [1.82, 2.24) is 9.38 Å². The Morgan fingerprint density at radius 3 is 2.64 bits per heavy atom. The van der Waals surface area contributed by atoms with E-state index in [1.54, 1.807) is 10.5 Å². The quantitative estimate of drug-likeness (QED) is 0.639. The predicted molar refractivity (Wildman–Crippen MR) is 85.9 cm³/mol. The smallest absolute Gasteiger partial charge is 0.139 e. The maximum absolute atomic E-state index is 13.4. The van der Waals surface area contributed by atoms with Gasteiger partial charge in [-0.1, -0.05) is 6.92 Å². The minimum absolute atomic E-state index is 0.258. The second kappa shape index (κ2) is 6.36. The Morgan fingerprint density at radius 1 is 1.18 bits per heavy atom. The standard InChI is InChI=1S/C17H16ClFN2O/c1-2-9-22-14-6-3-12(4-7-14)17-15(10-18)21-11-13(19)5-8-16(21)20-17/h3-8,11H,2,9-10H2,1H3. The van der Waals surface area contributed by atoms with E-state index in [1.807, 2.05) is 24.3 Å². The maximum atomic E-state index is 13.4. The highest BCUT2D eigenvalue weighted by Gasteiger charge is 2.13. The van der Waals surface area contributed by atoms with E-state index in [0.29, 0.717) is 12.3 Å². The number of alkyl halides is 1. The van der Waals surface area contributed by atoms with Crippen LogP contribution >= 0.6 is 11.6 Å². The zero-order valence-electron chi connectivity index (χ0n) is 12.2. The Morgan fingerprint density at radius 2 is 1.95 bits per heavy atom. The van der Waals surface area contributed by atoms with Gasteiger partial charge in [-0.05, 0) is 42.8 Å². The van der Waals surface area contributed by atoms with Crippen LogP contribution < -0.4 is 4.74 Å². The predicted octanol–water partition coefficient (Wildman–Crippen LogP) is 4.67. The van der Waals surface area contributed by atoms with E-state index in [-0.39, 0.29) is 11.7 Å². The summed E-state index contributed by atoms with van der Waals surface area (Å²) < 4.78 is 20.7. The topological polar surface area (TPSA) is 26.5 Å². The molecule has 3 nitrogen and oxygen atoms in total. The Labute approximate surface area is 133 Å². The van der Waals surface area contributed by atoms with Gasteiger partial charge >= 0.3 is 0 Å². The van der Waals surface area contributed by atoms with Crippen LogP contribution in [0.3, 0.4) is 0 Å². The molecular formula is C17H16ClFN2O. The summed E-state index contributed by atoms with van der Waals surface area (Å²) in [5, 5.41) is 0. The highest BCUT2D eigenvalue weighted by atomic mass is 35.5. The van der Waals surface area contributed by atoms with Gasteiger partial charge in [0, 0.05) is 11.8 Å². The largest absolute Gasteiger partial charge is 0.494 e. The number of nitrogens with zero attached hydrogens (tertiary/aromatic N) is 2. The number of fused-ring (bicyclic) bond motifs is 1. The van der Waals surface area contributed by atoms with Crippen molar-refractivity contribution in [3.05, 3.63) is 54.1 Å². The molecule has 22 heavy (non-hydrogen) atoms. The van der Waals surface area contributed by atoms with Crippen molar-refractivity contribution in [2.45, 2.75) is 19.2 Å². The molecule has 0 radical (unpaired) electrons. The van der Waals surface area contributed by atoms with Crippen LogP contribution in [0.15, 0.2) is 42.6 Å². The van der Waals surface area contributed by atoms with Gasteiger partial charge in [-0.2, -0.15) is 0 Å². The lowest BCUT2D eigenvalue weighted by Gasteiger charge is -2.06. The molecule has 0 atom stereocenters. The molecule has 0 saturated carbocycles. The molecule has 3 aromatic rings. The molecule has 1 aromatic carbocycles. The second-order valence-corrected chi connectivity index (χ2v) is 5.26. The number of imidazole rings is 1. The summed E-state index contributed by atoms with van der Waals surface area (Å²) in [7, 11) is 0. The average molecular weight is 319 g/mol. The Kier molecular flexibility index (Phi) is 4.29. The van der Waals surface area contributed by atoms with Crippen molar-refractivity contribution in [1.29, 1.82) is 0 Å². The molecule has 0 spiro atoms. The van der Waals surface area contributed by atoms with E-state index in [2.05, 4.69) is 11.9 Å². The molecular weight excluding hydrogens is 303 g/mol. The summed E-state index contributed by atoms with van der Waals surface area (Å²) in [4.78, 5) is 4.56. The van der Waals surface area contributed by atoms with Crippen molar-refractivity contribution in [3.8, 4) is 17.0 Å². The molecule has 2 heterocycles. The summed E-state index contributed by atoms with van der Waals surface area (Å²) in [6.07, 6.45) is 2.37. The number of aromatic nitrogens is 2. The van der Waals surface area contributed by atoms with Crippen LogP contribution in [-0.4, -0.2) is 16.0 Å². The minimum Gasteiger partial charge on any atom is -0.494 e. The fraction of sp³-hybridized carbons (Fsp3) is 0.235. The maximum Gasteiger partial charge on any atom is 0.139 e. The third-order valence-corrected chi connectivity index (χ3v) is 3.66. The first-order chi connectivity index (χ1) is 10.7. The summed E-state index contributed by atoms with van der Waals surface area (Å²) in [5.41, 5.74) is 3.16. The number of hydrogen-bond donors (Lipinski definition) is 0. The summed E-state index contributed by atoms with van der Waals surface area (Å²) >= 11 is 6.05. The van der Waals surface area contributed by atoms with E-state index in [4.69, 9.17) is 16.3 Å². The number of rotatable bonds is 5. The Bertz CT molecular complexity index is 783. The number of halogens is 2. The normalized spacial score (nSPS) is 11.0. The monoisotopic (exact) mass is 318 g/mol. The molecule has 3 rings (SSSR count). The van der Waals surface area contributed by atoms with E-state index < -0.39 is 0 Å². The lowest BCUT2D eigenvalue weighted by atomic mass is 10.1. The van der Waals surface area contributed by atoms with Crippen molar-refractivity contribution in [3.63, 3.8) is 0 Å². The molecule has 114 valence electrons.